The SMILES string of the molecule is Cc1cc(=O)[nH]c(CCNC(=O)N(C)Cc2c(C)nn(C(C)C)c2C)n1. The van der Waals surface area contributed by atoms with Gasteiger partial charge in [-0.3, -0.25) is 9.48 Å². The molecule has 0 bridgehead atoms. The van der Waals surface area contributed by atoms with Crippen molar-refractivity contribution in [1.82, 2.24) is 30.0 Å². The molecule has 8 nitrogen and oxygen atoms in total. The van der Waals surface area contributed by atoms with Crippen molar-refractivity contribution in [2.75, 3.05) is 13.6 Å². The summed E-state index contributed by atoms with van der Waals surface area (Å²) in [5, 5.41) is 7.41. The highest BCUT2D eigenvalue weighted by Crippen LogP contribution is 2.18. The lowest BCUT2D eigenvalue weighted by Gasteiger charge is -2.18. The summed E-state index contributed by atoms with van der Waals surface area (Å²) in [5.74, 6) is 0.572. The van der Waals surface area contributed by atoms with Crippen LogP contribution in [0.2, 0.25) is 0 Å². The Balaban J connectivity index is 1.93. The Morgan fingerprint density at radius 3 is 2.62 bits per heavy atom. The first-order valence-corrected chi connectivity index (χ1v) is 8.79. The second-order valence-corrected chi connectivity index (χ2v) is 6.86. The monoisotopic (exact) mass is 360 g/mol. The van der Waals surface area contributed by atoms with E-state index < -0.39 is 0 Å². The third-order valence-corrected chi connectivity index (χ3v) is 4.26. The molecule has 0 aromatic carbocycles. The van der Waals surface area contributed by atoms with E-state index in [2.05, 4.69) is 34.2 Å². The molecule has 2 aromatic rings. The van der Waals surface area contributed by atoms with Crippen molar-refractivity contribution >= 4 is 6.03 Å². The molecule has 0 saturated heterocycles. The first kappa shape index (κ1) is 19.7. The van der Waals surface area contributed by atoms with Crippen LogP contribution in [-0.2, 0) is 13.0 Å². The Bertz CT molecular complexity index is 837. The van der Waals surface area contributed by atoms with Crippen molar-refractivity contribution in [3.05, 3.63) is 44.9 Å². The summed E-state index contributed by atoms with van der Waals surface area (Å²) in [6.07, 6.45) is 0.472. The number of aryl methyl sites for hydroxylation is 2. The number of aromatic amines is 1. The first-order chi connectivity index (χ1) is 12.2. The lowest BCUT2D eigenvalue weighted by molar-refractivity contribution is 0.207. The number of carbonyl (C=O) groups is 1. The predicted molar refractivity (Wildman–Crippen MR) is 100 cm³/mol. The molecule has 0 aliphatic heterocycles. The third kappa shape index (κ3) is 4.71. The van der Waals surface area contributed by atoms with Gasteiger partial charge in [0.2, 0.25) is 0 Å². The molecule has 8 heteroatoms. The van der Waals surface area contributed by atoms with Crippen LogP contribution in [0.3, 0.4) is 0 Å². The lowest BCUT2D eigenvalue weighted by atomic mass is 10.2. The first-order valence-electron chi connectivity index (χ1n) is 8.79. The molecular formula is C18H28N6O2. The molecule has 0 unspecified atom stereocenters. The summed E-state index contributed by atoms with van der Waals surface area (Å²) in [5.41, 5.74) is 3.58. The minimum Gasteiger partial charge on any atom is -0.338 e. The molecule has 0 spiro atoms. The summed E-state index contributed by atoms with van der Waals surface area (Å²) < 4.78 is 1.98. The molecule has 2 N–H and O–H groups in total. The molecule has 0 atom stereocenters. The van der Waals surface area contributed by atoms with Gasteiger partial charge in [0, 0.05) is 49.1 Å². The van der Waals surface area contributed by atoms with E-state index in [9.17, 15) is 9.59 Å². The Hall–Kier alpha value is -2.64. The van der Waals surface area contributed by atoms with Crippen LogP contribution >= 0.6 is 0 Å². The van der Waals surface area contributed by atoms with Gasteiger partial charge in [-0.1, -0.05) is 0 Å². The number of aromatic nitrogens is 4. The molecule has 26 heavy (non-hydrogen) atoms. The molecule has 2 rings (SSSR count). The van der Waals surface area contributed by atoms with E-state index in [-0.39, 0.29) is 17.6 Å². The molecule has 2 aromatic heterocycles. The smallest absolute Gasteiger partial charge is 0.317 e. The van der Waals surface area contributed by atoms with Crippen LogP contribution < -0.4 is 10.9 Å². The van der Waals surface area contributed by atoms with Crippen LogP contribution in [0.15, 0.2) is 10.9 Å². The average molecular weight is 360 g/mol. The van der Waals surface area contributed by atoms with Gasteiger partial charge in [0.05, 0.1) is 12.2 Å². The zero-order chi connectivity index (χ0) is 19.4. The van der Waals surface area contributed by atoms with E-state index in [0.717, 1.165) is 17.0 Å². The minimum atomic E-state index is -0.177. The van der Waals surface area contributed by atoms with Crippen LogP contribution in [0.25, 0.3) is 0 Å². The summed E-state index contributed by atoms with van der Waals surface area (Å²) in [6.45, 7) is 10.8. The van der Waals surface area contributed by atoms with Gasteiger partial charge in [-0.05, 0) is 34.6 Å². The number of carbonyl (C=O) groups excluding carboxylic acids is 1. The number of hydrogen-bond acceptors (Lipinski definition) is 4. The van der Waals surface area contributed by atoms with Gasteiger partial charge < -0.3 is 15.2 Å². The number of nitrogens with zero attached hydrogens (tertiary/aromatic N) is 4. The second-order valence-electron chi connectivity index (χ2n) is 6.86. The molecular weight excluding hydrogens is 332 g/mol. The van der Waals surface area contributed by atoms with Crippen molar-refractivity contribution in [3.8, 4) is 0 Å². The van der Waals surface area contributed by atoms with Gasteiger partial charge in [0.15, 0.2) is 0 Å². The largest absolute Gasteiger partial charge is 0.338 e. The molecule has 0 saturated carbocycles. The van der Waals surface area contributed by atoms with Gasteiger partial charge in [-0.25, -0.2) is 9.78 Å². The molecule has 0 fully saturated rings. The van der Waals surface area contributed by atoms with E-state index in [1.54, 1.807) is 18.9 Å². The lowest BCUT2D eigenvalue weighted by Crippen LogP contribution is -2.38. The van der Waals surface area contributed by atoms with Crippen molar-refractivity contribution in [2.45, 2.75) is 53.6 Å². The Kier molecular flexibility index (Phi) is 6.18. The number of rotatable bonds is 6. The van der Waals surface area contributed by atoms with Crippen molar-refractivity contribution in [1.29, 1.82) is 0 Å². The average Bonchev–Trinajstić information content (AvgIpc) is 2.82. The fourth-order valence-corrected chi connectivity index (χ4v) is 2.92. The van der Waals surface area contributed by atoms with Gasteiger partial charge in [0.25, 0.3) is 5.56 Å². The quantitative estimate of drug-likeness (QED) is 0.822. The fourth-order valence-electron chi connectivity index (χ4n) is 2.92. The zero-order valence-corrected chi connectivity index (χ0v) is 16.4. The summed E-state index contributed by atoms with van der Waals surface area (Å²) in [6, 6.07) is 1.55. The molecule has 0 aliphatic carbocycles. The minimum absolute atomic E-state index is 0.170. The van der Waals surface area contributed by atoms with Crippen LogP contribution in [0.5, 0.6) is 0 Å². The summed E-state index contributed by atoms with van der Waals surface area (Å²) in [7, 11) is 1.76. The Labute approximate surface area is 153 Å². The fraction of sp³-hybridized carbons (Fsp3) is 0.556. The van der Waals surface area contributed by atoms with Gasteiger partial charge >= 0.3 is 6.03 Å². The van der Waals surface area contributed by atoms with Crippen LogP contribution in [0.4, 0.5) is 4.79 Å². The number of hydrogen-bond donors (Lipinski definition) is 2. The number of amides is 2. The van der Waals surface area contributed by atoms with Gasteiger partial charge in [-0.2, -0.15) is 5.10 Å². The normalized spacial score (nSPS) is 11.0. The van der Waals surface area contributed by atoms with Crippen molar-refractivity contribution in [2.24, 2.45) is 0 Å². The van der Waals surface area contributed by atoms with Gasteiger partial charge in [0.1, 0.15) is 5.82 Å². The predicted octanol–water partition coefficient (Wildman–Crippen LogP) is 1.86. The van der Waals surface area contributed by atoms with E-state index in [0.29, 0.717) is 31.0 Å². The molecule has 2 amide bonds. The van der Waals surface area contributed by atoms with E-state index >= 15 is 0 Å². The maximum atomic E-state index is 12.3. The molecule has 2 heterocycles. The zero-order valence-electron chi connectivity index (χ0n) is 16.4. The second kappa shape index (κ2) is 8.16. The summed E-state index contributed by atoms with van der Waals surface area (Å²) in [4.78, 5) is 32.3. The highest BCUT2D eigenvalue weighted by Gasteiger charge is 2.17. The number of urea groups is 1. The summed E-state index contributed by atoms with van der Waals surface area (Å²) >= 11 is 0. The topological polar surface area (TPSA) is 95.9 Å². The molecule has 0 radical (unpaired) electrons. The van der Waals surface area contributed by atoms with Crippen LogP contribution in [0.1, 0.15) is 48.4 Å². The van der Waals surface area contributed by atoms with E-state index in [1.807, 2.05) is 18.5 Å². The highest BCUT2D eigenvalue weighted by atomic mass is 16.2. The maximum Gasteiger partial charge on any atom is 0.317 e. The number of H-pyrrole nitrogens is 1. The van der Waals surface area contributed by atoms with E-state index in [4.69, 9.17) is 0 Å². The standard InChI is InChI=1S/C18H28N6O2/c1-11(2)24-14(5)15(13(4)22-24)10-23(6)18(26)19-8-7-16-20-12(3)9-17(25)21-16/h9,11H,7-8,10H2,1-6H3,(H,19,26)(H,20,21,25). The Morgan fingerprint density at radius 2 is 2.04 bits per heavy atom. The van der Waals surface area contributed by atoms with Crippen molar-refractivity contribution < 1.29 is 4.79 Å². The van der Waals surface area contributed by atoms with Crippen LogP contribution in [0, 0.1) is 20.8 Å². The number of nitrogens with one attached hydrogen (secondary N) is 2. The third-order valence-electron chi connectivity index (χ3n) is 4.26. The van der Waals surface area contributed by atoms with Crippen LogP contribution in [-0.4, -0.2) is 44.3 Å². The maximum absolute atomic E-state index is 12.3. The van der Waals surface area contributed by atoms with Gasteiger partial charge in [-0.15, -0.1) is 0 Å². The Morgan fingerprint density at radius 1 is 1.35 bits per heavy atom. The molecule has 142 valence electrons. The van der Waals surface area contributed by atoms with Crippen molar-refractivity contribution in [3.63, 3.8) is 0 Å². The van der Waals surface area contributed by atoms with E-state index in [1.165, 1.54) is 6.07 Å². The highest BCUT2D eigenvalue weighted by molar-refractivity contribution is 5.73. The molecule has 0 aliphatic rings.